The number of nitrogens with zero attached hydrogens (tertiary/aromatic N) is 1. The van der Waals surface area contributed by atoms with Crippen LogP contribution >= 0.6 is 0 Å². The summed E-state index contributed by atoms with van der Waals surface area (Å²) < 4.78 is 0. The van der Waals surface area contributed by atoms with Crippen LogP contribution in [0.4, 0.5) is 0 Å². The van der Waals surface area contributed by atoms with Crippen LogP contribution in [0.15, 0.2) is 23.8 Å². The topological polar surface area (TPSA) is 49.4 Å². The van der Waals surface area contributed by atoms with Crippen molar-refractivity contribution in [3.8, 4) is 0 Å². The van der Waals surface area contributed by atoms with E-state index in [1.807, 2.05) is 27.1 Å². The van der Waals surface area contributed by atoms with Crippen molar-refractivity contribution in [3.05, 3.63) is 23.8 Å². The number of carbonyl (C=O) groups is 2. The molecule has 0 aromatic carbocycles. The molecule has 0 heterocycles. The molecule has 0 aliphatic rings. The summed E-state index contributed by atoms with van der Waals surface area (Å²) in [7, 11) is 3.79. The molecule has 0 rings (SSSR count). The van der Waals surface area contributed by atoms with E-state index < -0.39 is 0 Å². The zero-order valence-corrected chi connectivity index (χ0v) is 19.4. The lowest BCUT2D eigenvalue weighted by molar-refractivity contribution is -0.136. The molecular formula is C23H42N2O2. The van der Waals surface area contributed by atoms with Crippen molar-refractivity contribution in [3.63, 3.8) is 0 Å². The summed E-state index contributed by atoms with van der Waals surface area (Å²) in [5, 5.41) is 3.33. The highest BCUT2D eigenvalue weighted by atomic mass is 16.2. The predicted molar refractivity (Wildman–Crippen MR) is 116 cm³/mol. The molecule has 3 atom stereocenters. The van der Waals surface area contributed by atoms with E-state index in [9.17, 15) is 9.59 Å². The molecule has 0 fully saturated rings. The van der Waals surface area contributed by atoms with Gasteiger partial charge in [-0.3, -0.25) is 9.59 Å². The van der Waals surface area contributed by atoms with Gasteiger partial charge in [-0.25, -0.2) is 0 Å². The maximum Gasteiger partial charge on any atom is 0.229 e. The second-order valence-electron chi connectivity index (χ2n) is 9.38. The van der Waals surface area contributed by atoms with Gasteiger partial charge in [0.2, 0.25) is 5.91 Å². The first kappa shape index (κ1) is 25.6. The number of ketones is 1. The van der Waals surface area contributed by atoms with Crippen molar-refractivity contribution in [1.29, 1.82) is 0 Å². The summed E-state index contributed by atoms with van der Waals surface area (Å²) in [6.45, 7) is 18.2. The molecule has 0 bridgehead atoms. The molecule has 1 N–H and O–H groups in total. The predicted octanol–water partition coefficient (Wildman–Crippen LogP) is 4.47. The highest BCUT2D eigenvalue weighted by Gasteiger charge is 2.29. The van der Waals surface area contributed by atoms with Gasteiger partial charge in [-0.2, -0.15) is 0 Å². The van der Waals surface area contributed by atoms with Crippen LogP contribution < -0.4 is 5.32 Å². The van der Waals surface area contributed by atoms with E-state index in [-0.39, 0.29) is 46.9 Å². The SMILES string of the molecule is CNC(/C=C/C(C(=O)N(C)C(/C=C(\C)C(C)=O)C(C)C)C(C)C)C(C)(C)C. The third-order valence-electron chi connectivity index (χ3n) is 5.21. The molecule has 0 aromatic heterocycles. The molecule has 3 unspecified atom stereocenters. The van der Waals surface area contributed by atoms with E-state index >= 15 is 0 Å². The Morgan fingerprint density at radius 1 is 0.963 bits per heavy atom. The monoisotopic (exact) mass is 378 g/mol. The van der Waals surface area contributed by atoms with Crippen molar-refractivity contribution in [2.75, 3.05) is 14.1 Å². The normalized spacial score (nSPS) is 16.7. The Labute approximate surface area is 167 Å². The first-order valence-corrected chi connectivity index (χ1v) is 10.1. The zero-order chi connectivity index (χ0) is 21.5. The van der Waals surface area contributed by atoms with Gasteiger partial charge in [-0.15, -0.1) is 0 Å². The standard InChI is InChI=1S/C23H42N2O2/c1-15(2)19(12-13-21(24-10)23(7,8)9)22(27)25(11)20(16(3)4)14-17(5)18(6)26/h12-16,19-21,24H,1-11H3/b13-12+,17-14+. The molecule has 0 spiro atoms. The highest BCUT2D eigenvalue weighted by molar-refractivity contribution is 5.92. The molecule has 0 saturated carbocycles. The summed E-state index contributed by atoms with van der Waals surface area (Å²) in [6, 6.07) is 0.0939. The lowest BCUT2D eigenvalue weighted by atomic mass is 9.84. The Bertz CT molecular complexity index is 553. The van der Waals surface area contributed by atoms with Gasteiger partial charge in [0, 0.05) is 13.1 Å². The third kappa shape index (κ3) is 8.00. The van der Waals surface area contributed by atoms with Crippen LogP contribution in [-0.2, 0) is 9.59 Å². The van der Waals surface area contributed by atoms with Crippen LogP contribution in [0.3, 0.4) is 0 Å². The number of rotatable bonds is 9. The summed E-state index contributed by atoms with van der Waals surface area (Å²) in [4.78, 5) is 26.7. The van der Waals surface area contributed by atoms with Crippen molar-refractivity contribution in [2.45, 2.75) is 74.4 Å². The molecule has 1 amide bonds. The molecule has 0 aliphatic heterocycles. The van der Waals surface area contributed by atoms with Crippen molar-refractivity contribution < 1.29 is 9.59 Å². The lowest BCUT2D eigenvalue weighted by Crippen LogP contribution is -2.44. The van der Waals surface area contributed by atoms with Crippen molar-refractivity contribution >= 4 is 11.7 Å². The van der Waals surface area contributed by atoms with Crippen LogP contribution in [0.5, 0.6) is 0 Å². The van der Waals surface area contributed by atoms with Crippen LogP contribution in [0.2, 0.25) is 0 Å². The number of hydrogen-bond acceptors (Lipinski definition) is 3. The summed E-state index contributed by atoms with van der Waals surface area (Å²) >= 11 is 0. The second kappa shape index (κ2) is 10.8. The summed E-state index contributed by atoms with van der Waals surface area (Å²) in [6.07, 6.45) is 6.10. The molecule has 4 nitrogen and oxygen atoms in total. The summed E-state index contributed by atoms with van der Waals surface area (Å²) in [5.74, 6) is 0.365. The number of likely N-dealkylation sites (N-methyl/N-ethyl adjacent to an activating group) is 2. The van der Waals surface area contributed by atoms with Gasteiger partial charge in [0.25, 0.3) is 0 Å². The molecule has 0 aliphatic carbocycles. The minimum absolute atomic E-state index is 0.0452. The molecule has 27 heavy (non-hydrogen) atoms. The van der Waals surface area contributed by atoms with Gasteiger partial charge in [0.05, 0.1) is 12.0 Å². The largest absolute Gasteiger partial charge is 0.339 e. The van der Waals surface area contributed by atoms with Crippen LogP contribution in [0.1, 0.15) is 62.3 Å². The number of carbonyl (C=O) groups excluding carboxylic acids is 2. The fourth-order valence-electron chi connectivity index (χ4n) is 3.15. The first-order valence-electron chi connectivity index (χ1n) is 10.1. The average Bonchev–Trinajstić information content (AvgIpc) is 2.53. The Morgan fingerprint density at radius 3 is 1.81 bits per heavy atom. The third-order valence-corrected chi connectivity index (χ3v) is 5.21. The molecule has 156 valence electrons. The number of hydrogen-bond donors (Lipinski definition) is 1. The maximum absolute atomic E-state index is 13.3. The van der Waals surface area contributed by atoms with Crippen molar-refractivity contribution in [1.82, 2.24) is 10.2 Å². The fraction of sp³-hybridized carbons (Fsp3) is 0.739. The van der Waals surface area contributed by atoms with Crippen LogP contribution in [0.25, 0.3) is 0 Å². The Balaban J connectivity index is 5.68. The molecule has 0 saturated heterocycles. The van der Waals surface area contributed by atoms with Gasteiger partial charge in [-0.1, -0.05) is 66.7 Å². The quantitative estimate of drug-likeness (QED) is 0.476. The minimum atomic E-state index is -0.194. The van der Waals surface area contributed by atoms with Gasteiger partial charge in [0.1, 0.15) is 0 Å². The van der Waals surface area contributed by atoms with Gasteiger partial charge in [-0.05, 0) is 43.7 Å². The lowest BCUT2D eigenvalue weighted by Gasteiger charge is -2.33. The van der Waals surface area contributed by atoms with Gasteiger partial charge >= 0.3 is 0 Å². The Morgan fingerprint density at radius 2 is 1.48 bits per heavy atom. The van der Waals surface area contributed by atoms with E-state index in [0.29, 0.717) is 5.57 Å². The Hall–Kier alpha value is -1.42. The van der Waals surface area contributed by atoms with Crippen LogP contribution in [-0.4, -0.2) is 42.8 Å². The van der Waals surface area contributed by atoms with E-state index in [1.54, 1.807) is 11.8 Å². The number of nitrogens with one attached hydrogen (secondary N) is 1. The van der Waals surface area contributed by atoms with E-state index in [4.69, 9.17) is 0 Å². The summed E-state index contributed by atoms with van der Waals surface area (Å²) in [5.41, 5.74) is 0.775. The van der Waals surface area contributed by atoms with E-state index in [0.717, 1.165) is 0 Å². The smallest absolute Gasteiger partial charge is 0.229 e. The molecule has 0 radical (unpaired) electrons. The van der Waals surface area contributed by atoms with Gasteiger partial charge in [0.15, 0.2) is 5.78 Å². The number of Topliss-reactive ketones (excluding diaryl/α,β-unsaturated/α-hetero) is 1. The first-order chi connectivity index (χ1) is 12.2. The Kier molecular flexibility index (Phi) is 10.2. The zero-order valence-electron chi connectivity index (χ0n) is 19.4. The molecule has 0 aromatic rings. The highest BCUT2D eigenvalue weighted by Crippen LogP contribution is 2.24. The van der Waals surface area contributed by atoms with Gasteiger partial charge < -0.3 is 10.2 Å². The van der Waals surface area contributed by atoms with Crippen LogP contribution in [0, 0.1) is 23.2 Å². The second-order valence-corrected chi connectivity index (χ2v) is 9.38. The molecular weight excluding hydrogens is 336 g/mol. The average molecular weight is 379 g/mol. The van der Waals surface area contributed by atoms with E-state index in [1.165, 1.54) is 0 Å². The minimum Gasteiger partial charge on any atom is -0.339 e. The molecule has 4 heteroatoms. The number of amides is 1. The van der Waals surface area contributed by atoms with E-state index in [2.05, 4.69) is 65.9 Å². The maximum atomic E-state index is 13.3. The fourth-order valence-corrected chi connectivity index (χ4v) is 3.15. The van der Waals surface area contributed by atoms with Crippen molar-refractivity contribution in [2.24, 2.45) is 23.2 Å². The number of allylic oxidation sites excluding steroid dienone is 1.